The summed E-state index contributed by atoms with van der Waals surface area (Å²) in [6.45, 7) is 1.58. The highest BCUT2D eigenvalue weighted by Crippen LogP contribution is 2.28. The van der Waals surface area contributed by atoms with Gasteiger partial charge in [0.1, 0.15) is 5.75 Å². The molecule has 2 amide bonds. The molecule has 29 heavy (non-hydrogen) atoms. The van der Waals surface area contributed by atoms with Crippen LogP contribution in [0.5, 0.6) is 5.75 Å². The van der Waals surface area contributed by atoms with E-state index in [9.17, 15) is 14.4 Å². The van der Waals surface area contributed by atoms with Crippen LogP contribution in [0.25, 0.3) is 0 Å². The molecule has 0 aliphatic heterocycles. The average Bonchev–Trinajstić information content (AvgIpc) is 3.19. The number of benzene rings is 2. The Morgan fingerprint density at radius 3 is 2.55 bits per heavy atom. The molecule has 0 heterocycles. The number of hydrogen-bond acceptors (Lipinski definition) is 4. The van der Waals surface area contributed by atoms with Gasteiger partial charge in [-0.15, -0.1) is 0 Å². The molecule has 1 aliphatic carbocycles. The average molecular weight is 394 g/mol. The predicted molar refractivity (Wildman–Crippen MR) is 111 cm³/mol. The maximum Gasteiger partial charge on any atom is 0.308 e. The molecule has 0 spiro atoms. The van der Waals surface area contributed by atoms with Crippen LogP contribution in [0.4, 0.5) is 5.69 Å². The lowest BCUT2D eigenvalue weighted by Crippen LogP contribution is -2.24. The zero-order chi connectivity index (χ0) is 20.6. The predicted octanol–water partition coefficient (Wildman–Crippen LogP) is 4.06. The van der Waals surface area contributed by atoms with Gasteiger partial charge >= 0.3 is 5.97 Å². The van der Waals surface area contributed by atoms with Crippen molar-refractivity contribution in [1.82, 2.24) is 5.32 Å². The van der Waals surface area contributed by atoms with Crippen molar-refractivity contribution in [2.45, 2.75) is 45.6 Å². The first-order chi connectivity index (χ1) is 14.0. The smallest absolute Gasteiger partial charge is 0.308 e. The summed E-state index contributed by atoms with van der Waals surface area (Å²) in [6, 6.07) is 13.9. The first-order valence-corrected chi connectivity index (χ1v) is 9.95. The summed E-state index contributed by atoms with van der Waals surface area (Å²) in [5.41, 5.74) is 1.94. The van der Waals surface area contributed by atoms with E-state index >= 15 is 0 Å². The molecule has 0 radical (unpaired) electrons. The van der Waals surface area contributed by atoms with Crippen molar-refractivity contribution in [3.05, 3.63) is 59.7 Å². The second kappa shape index (κ2) is 9.87. The van der Waals surface area contributed by atoms with Gasteiger partial charge in [-0.3, -0.25) is 14.4 Å². The van der Waals surface area contributed by atoms with Gasteiger partial charge in [0.2, 0.25) is 5.91 Å². The van der Waals surface area contributed by atoms with Gasteiger partial charge in [-0.25, -0.2) is 0 Å². The summed E-state index contributed by atoms with van der Waals surface area (Å²) in [7, 11) is 0. The van der Waals surface area contributed by atoms with Crippen LogP contribution in [0.1, 0.15) is 54.9 Å². The van der Waals surface area contributed by atoms with Crippen molar-refractivity contribution in [3.8, 4) is 5.75 Å². The number of para-hydroxylation sites is 1. The van der Waals surface area contributed by atoms with Gasteiger partial charge in [-0.2, -0.15) is 0 Å². The Hall–Kier alpha value is -3.15. The number of carbonyl (C=O) groups is 3. The van der Waals surface area contributed by atoms with Crippen molar-refractivity contribution in [2.24, 2.45) is 5.92 Å². The third-order valence-electron chi connectivity index (χ3n) is 5.04. The Morgan fingerprint density at radius 2 is 1.79 bits per heavy atom. The molecule has 6 nitrogen and oxygen atoms in total. The van der Waals surface area contributed by atoms with Gasteiger partial charge in [0.25, 0.3) is 5.91 Å². The van der Waals surface area contributed by atoms with Crippen molar-refractivity contribution < 1.29 is 19.1 Å². The number of amides is 2. The van der Waals surface area contributed by atoms with E-state index in [2.05, 4.69) is 10.6 Å². The van der Waals surface area contributed by atoms with Crippen molar-refractivity contribution in [3.63, 3.8) is 0 Å². The quantitative estimate of drug-likeness (QED) is 0.548. The monoisotopic (exact) mass is 394 g/mol. The van der Waals surface area contributed by atoms with Crippen LogP contribution >= 0.6 is 0 Å². The Kier molecular flexibility index (Phi) is 7.00. The summed E-state index contributed by atoms with van der Waals surface area (Å²) in [4.78, 5) is 35.9. The topological polar surface area (TPSA) is 84.5 Å². The summed E-state index contributed by atoms with van der Waals surface area (Å²) in [5.74, 6) is 0.0942. The summed E-state index contributed by atoms with van der Waals surface area (Å²) in [5, 5.41) is 5.84. The maximum absolute atomic E-state index is 12.5. The van der Waals surface area contributed by atoms with E-state index in [-0.39, 0.29) is 18.4 Å². The van der Waals surface area contributed by atoms with Crippen LogP contribution in [-0.2, 0) is 16.1 Å². The number of ether oxygens (including phenoxy) is 1. The Labute approximate surface area is 170 Å². The molecular weight excluding hydrogens is 368 g/mol. The second-order valence-corrected chi connectivity index (χ2v) is 7.36. The molecule has 3 rings (SSSR count). The zero-order valence-electron chi connectivity index (χ0n) is 16.6. The summed E-state index contributed by atoms with van der Waals surface area (Å²) in [6.07, 6.45) is 5.21. The van der Waals surface area contributed by atoms with E-state index in [1.165, 1.54) is 25.8 Å². The largest absolute Gasteiger partial charge is 0.427 e. The normalized spacial score (nSPS) is 13.7. The van der Waals surface area contributed by atoms with Crippen LogP contribution in [0.3, 0.4) is 0 Å². The lowest BCUT2D eigenvalue weighted by molar-refractivity contribution is -0.131. The van der Waals surface area contributed by atoms with Gasteiger partial charge in [0.15, 0.2) is 0 Å². The Bertz CT molecular complexity index is 888. The highest BCUT2D eigenvalue weighted by atomic mass is 16.5. The van der Waals surface area contributed by atoms with Crippen LogP contribution < -0.4 is 15.4 Å². The first kappa shape index (κ1) is 20.6. The molecule has 152 valence electrons. The van der Waals surface area contributed by atoms with Crippen molar-refractivity contribution in [1.29, 1.82) is 0 Å². The Morgan fingerprint density at radius 1 is 1.03 bits per heavy atom. The van der Waals surface area contributed by atoms with E-state index in [1.807, 2.05) is 24.3 Å². The third kappa shape index (κ3) is 6.17. The molecule has 0 aromatic heterocycles. The van der Waals surface area contributed by atoms with Crippen molar-refractivity contribution >= 4 is 23.5 Å². The minimum Gasteiger partial charge on any atom is -0.427 e. The highest BCUT2D eigenvalue weighted by Gasteiger charge is 2.19. The molecule has 0 bridgehead atoms. The molecular formula is C23H26N2O4. The SMILES string of the molecule is CC(=O)Oc1cccc(C(=O)NCc2ccccc2NC(=O)CC2CCCC2)c1. The van der Waals surface area contributed by atoms with E-state index < -0.39 is 5.97 Å². The van der Waals surface area contributed by atoms with Gasteiger partial charge in [0.05, 0.1) is 0 Å². The molecule has 0 saturated heterocycles. The highest BCUT2D eigenvalue weighted by molar-refractivity contribution is 5.95. The minimum absolute atomic E-state index is 0.0183. The van der Waals surface area contributed by atoms with Crippen LogP contribution in [0.15, 0.2) is 48.5 Å². The third-order valence-corrected chi connectivity index (χ3v) is 5.04. The number of nitrogens with one attached hydrogen (secondary N) is 2. The van der Waals surface area contributed by atoms with E-state index in [1.54, 1.807) is 18.2 Å². The second-order valence-electron chi connectivity index (χ2n) is 7.36. The number of anilines is 1. The number of esters is 1. The van der Waals surface area contributed by atoms with Gasteiger partial charge in [-0.05, 0) is 48.6 Å². The van der Waals surface area contributed by atoms with Gasteiger partial charge in [0, 0.05) is 31.1 Å². The molecule has 1 aliphatic rings. The molecule has 2 aromatic rings. The maximum atomic E-state index is 12.5. The minimum atomic E-state index is -0.440. The fourth-order valence-corrected chi connectivity index (χ4v) is 3.62. The van der Waals surface area contributed by atoms with E-state index in [0.29, 0.717) is 29.3 Å². The van der Waals surface area contributed by atoms with Gasteiger partial charge < -0.3 is 15.4 Å². The Balaban J connectivity index is 1.59. The fourth-order valence-electron chi connectivity index (χ4n) is 3.62. The first-order valence-electron chi connectivity index (χ1n) is 9.95. The summed E-state index contributed by atoms with van der Waals surface area (Å²) >= 11 is 0. The molecule has 0 unspecified atom stereocenters. The molecule has 1 fully saturated rings. The zero-order valence-corrected chi connectivity index (χ0v) is 16.6. The molecule has 6 heteroatoms. The lowest BCUT2D eigenvalue weighted by atomic mass is 10.0. The van der Waals surface area contributed by atoms with E-state index in [4.69, 9.17) is 4.74 Å². The molecule has 2 N–H and O–H groups in total. The van der Waals surface area contributed by atoms with Crippen LogP contribution in [-0.4, -0.2) is 17.8 Å². The fraction of sp³-hybridized carbons (Fsp3) is 0.348. The van der Waals surface area contributed by atoms with Gasteiger partial charge in [-0.1, -0.05) is 37.1 Å². The number of rotatable bonds is 7. The lowest BCUT2D eigenvalue weighted by Gasteiger charge is -2.14. The van der Waals surface area contributed by atoms with Crippen LogP contribution in [0.2, 0.25) is 0 Å². The molecule has 2 aromatic carbocycles. The molecule has 1 saturated carbocycles. The summed E-state index contributed by atoms with van der Waals surface area (Å²) < 4.78 is 5.02. The standard InChI is InChI=1S/C23H26N2O4/c1-16(26)29-20-11-6-10-18(14-20)23(28)24-15-19-9-4-5-12-21(19)25-22(27)13-17-7-2-3-8-17/h4-6,9-12,14,17H,2-3,7-8,13,15H2,1H3,(H,24,28)(H,25,27). The number of carbonyl (C=O) groups excluding carboxylic acids is 3. The van der Waals surface area contributed by atoms with Crippen LogP contribution in [0, 0.1) is 5.92 Å². The van der Waals surface area contributed by atoms with Crippen molar-refractivity contribution in [2.75, 3.05) is 5.32 Å². The van der Waals surface area contributed by atoms with E-state index in [0.717, 1.165) is 18.4 Å². The molecule has 0 atom stereocenters. The number of hydrogen-bond donors (Lipinski definition) is 2.